The molecule has 0 spiro atoms. The predicted molar refractivity (Wildman–Crippen MR) is 60.9 cm³/mol. The van der Waals surface area contributed by atoms with E-state index in [9.17, 15) is 0 Å². The highest BCUT2D eigenvalue weighted by molar-refractivity contribution is 7.11. The summed E-state index contributed by atoms with van der Waals surface area (Å²) in [7, 11) is 0. The van der Waals surface area contributed by atoms with Crippen molar-refractivity contribution in [2.45, 2.75) is 6.92 Å². The first kappa shape index (κ1) is 12.1. The number of pyridine rings is 1. The van der Waals surface area contributed by atoms with Gasteiger partial charge < -0.3 is 17.0 Å². The van der Waals surface area contributed by atoms with Gasteiger partial charge in [-0.25, -0.2) is 0 Å². The first-order chi connectivity index (χ1) is 6.86. The van der Waals surface area contributed by atoms with E-state index in [1.807, 2.05) is 35.2 Å². The van der Waals surface area contributed by atoms with Crippen molar-refractivity contribution in [1.29, 1.82) is 0 Å². The Morgan fingerprint density at radius 1 is 1.20 bits per heavy atom. The number of rotatable bonds is 2. The van der Waals surface area contributed by atoms with Crippen LogP contribution in [0.1, 0.15) is 10.4 Å². The lowest BCUT2D eigenvalue weighted by Gasteiger charge is -1.87. The molecule has 0 atom stereocenters. The maximum absolute atomic E-state index is 2.14. The molecule has 1 nitrogen and oxygen atoms in total. The minimum atomic E-state index is 0. The Labute approximate surface area is 104 Å². The van der Waals surface area contributed by atoms with Gasteiger partial charge in [-0.3, -0.25) is 0 Å². The molecule has 0 N–H and O–H groups in total. The van der Waals surface area contributed by atoms with Crippen LogP contribution >= 0.6 is 11.3 Å². The van der Waals surface area contributed by atoms with E-state index < -0.39 is 0 Å². The maximum Gasteiger partial charge on any atom is 0.175 e. The summed E-state index contributed by atoms with van der Waals surface area (Å²) < 4.78 is 2.04. The third kappa shape index (κ3) is 3.29. The lowest BCUT2D eigenvalue weighted by molar-refractivity contribution is -0.567. The highest BCUT2D eigenvalue weighted by Gasteiger charge is 1.96. The van der Waals surface area contributed by atoms with Crippen molar-refractivity contribution in [1.82, 2.24) is 0 Å². The number of halogens is 1. The van der Waals surface area contributed by atoms with Gasteiger partial charge in [-0.05, 0) is 23.9 Å². The summed E-state index contributed by atoms with van der Waals surface area (Å²) >= 11 is 1.77. The van der Waals surface area contributed by atoms with Crippen molar-refractivity contribution in [2.75, 3.05) is 0 Å². The molecule has 0 bridgehead atoms. The van der Waals surface area contributed by atoms with Gasteiger partial charge in [-0.15, -0.1) is 11.3 Å². The lowest BCUT2D eigenvalue weighted by Crippen LogP contribution is -3.00. The zero-order chi connectivity index (χ0) is 9.80. The van der Waals surface area contributed by atoms with Gasteiger partial charge in [0.15, 0.2) is 18.6 Å². The van der Waals surface area contributed by atoms with Gasteiger partial charge in [0, 0.05) is 23.1 Å². The Bertz CT molecular complexity index is 434. The van der Waals surface area contributed by atoms with Crippen molar-refractivity contribution in [3.63, 3.8) is 0 Å². The summed E-state index contributed by atoms with van der Waals surface area (Å²) in [5.74, 6) is 0. The van der Waals surface area contributed by atoms with Crippen molar-refractivity contribution in [3.8, 4) is 0 Å². The van der Waals surface area contributed by atoms with Gasteiger partial charge in [0.25, 0.3) is 0 Å². The van der Waals surface area contributed by atoms with Gasteiger partial charge in [0.1, 0.15) is 0 Å². The molecule has 2 aromatic heterocycles. The smallest absolute Gasteiger partial charge is 0.175 e. The molecule has 0 unspecified atom stereocenters. The van der Waals surface area contributed by atoms with Gasteiger partial charge in [0.2, 0.25) is 0 Å². The summed E-state index contributed by atoms with van der Waals surface area (Å²) in [6, 6.07) is 8.19. The highest BCUT2D eigenvalue weighted by atomic mass is 79.9. The van der Waals surface area contributed by atoms with Crippen molar-refractivity contribution in [2.24, 2.45) is 0 Å². The van der Waals surface area contributed by atoms with Crippen molar-refractivity contribution < 1.29 is 21.5 Å². The van der Waals surface area contributed by atoms with Crippen LogP contribution in [0, 0.1) is 6.92 Å². The fourth-order valence-electron chi connectivity index (χ4n) is 1.22. The molecule has 0 aliphatic heterocycles. The Hall–Kier alpha value is -0.930. The molecule has 0 saturated carbocycles. The van der Waals surface area contributed by atoms with Crippen LogP contribution in [0.5, 0.6) is 0 Å². The molecule has 3 heteroatoms. The summed E-state index contributed by atoms with van der Waals surface area (Å²) in [5.41, 5.74) is 1.34. The van der Waals surface area contributed by atoms with Crippen LogP contribution in [0.3, 0.4) is 0 Å². The molecule has 15 heavy (non-hydrogen) atoms. The molecule has 0 saturated heterocycles. The van der Waals surface area contributed by atoms with Crippen molar-refractivity contribution in [3.05, 3.63) is 52.5 Å². The lowest BCUT2D eigenvalue weighted by atomic mass is 10.3. The number of aromatic nitrogens is 1. The summed E-state index contributed by atoms with van der Waals surface area (Å²) in [6.45, 7) is 2.13. The highest BCUT2D eigenvalue weighted by Crippen LogP contribution is 2.16. The van der Waals surface area contributed by atoms with E-state index in [2.05, 4.69) is 30.6 Å². The molecule has 0 aromatic carbocycles. The molecule has 0 radical (unpaired) electrons. The number of aryl methyl sites for hydroxylation is 1. The monoisotopic (exact) mass is 281 g/mol. The van der Waals surface area contributed by atoms with Crippen LogP contribution in [0.15, 0.2) is 42.0 Å². The van der Waals surface area contributed by atoms with Crippen LogP contribution < -0.4 is 21.5 Å². The Kier molecular flexibility index (Phi) is 4.72. The van der Waals surface area contributed by atoms with Crippen LogP contribution in [-0.4, -0.2) is 0 Å². The molecule has 78 valence electrons. The van der Waals surface area contributed by atoms with Gasteiger partial charge in [-0.1, -0.05) is 6.07 Å². The number of thiophene rings is 1. The topological polar surface area (TPSA) is 3.88 Å². The average molecular weight is 282 g/mol. The number of hydrogen-bond acceptors (Lipinski definition) is 1. The molecule has 0 aliphatic carbocycles. The molecule has 0 amide bonds. The molecule has 2 rings (SSSR count). The molecule has 2 aromatic rings. The zero-order valence-corrected chi connectivity index (χ0v) is 10.8. The Balaban J connectivity index is 0.00000112. The number of hydrogen-bond donors (Lipinski definition) is 0. The first-order valence-electron chi connectivity index (χ1n) is 4.54. The second kappa shape index (κ2) is 5.83. The van der Waals surface area contributed by atoms with Gasteiger partial charge >= 0.3 is 0 Å². The minimum Gasteiger partial charge on any atom is -1.00 e. The SMILES string of the molecule is Cc1ccsc1/C=C/[n+]1ccccc1.[Br-]. The Morgan fingerprint density at radius 2 is 1.93 bits per heavy atom. The summed E-state index contributed by atoms with van der Waals surface area (Å²) in [4.78, 5) is 1.32. The largest absolute Gasteiger partial charge is 1.00 e. The molecule has 2 heterocycles. The normalized spacial score (nSPS) is 10.2. The van der Waals surface area contributed by atoms with Gasteiger partial charge in [-0.2, -0.15) is 4.57 Å². The summed E-state index contributed by atoms with van der Waals surface area (Å²) in [6.07, 6.45) is 8.26. The maximum atomic E-state index is 2.14. The second-order valence-electron chi connectivity index (χ2n) is 3.11. The Morgan fingerprint density at radius 3 is 2.53 bits per heavy atom. The number of nitrogens with zero attached hydrogens (tertiary/aromatic N) is 1. The van der Waals surface area contributed by atoms with E-state index in [1.165, 1.54) is 10.4 Å². The van der Waals surface area contributed by atoms with E-state index in [1.54, 1.807) is 11.3 Å². The average Bonchev–Trinajstić information content (AvgIpc) is 2.63. The van der Waals surface area contributed by atoms with Gasteiger partial charge in [0.05, 0.1) is 0 Å². The van der Waals surface area contributed by atoms with E-state index in [0.29, 0.717) is 0 Å². The van der Waals surface area contributed by atoms with E-state index in [0.717, 1.165) is 0 Å². The molecular weight excluding hydrogens is 270 g/mol. The minimum absolute atomic E-state index is 0. The third-order valence-corrected chi connectivity index (χ3v) is 3.02. The van der Waals surface area contributed by atoms with Crippen LogP contribution in [0.25, 0.3) is 12.3 Å². The molecule has 0 aliphatic rings. The van der Waals surface area contributed by atoms with Crippen LogP contribution in [-0.2, 0) is 0 Å². The first-order valence-corrected chi connectivity index (χ1v) is 5.42. The standard InChI is InChI=1S/C12H12NS.BrH/c1-11-6-10-14-12(11)5-9-13-7-3-2-4-8-13;/h2-10H,1H3;1H/q+1;/p-1/b9-5+;. The van der Waals surface area contributed by atoms with E-state index >= 15 is 0 Å². The predicted octanol–water partition coefficient (Wildman–Crippen LogP) is -0.0241. The fourth-order valence-corrected chi connectivity index (χ4v) is 2.03. The van der Waals surface area contributed by atoms with E-state index in [-0.39, 0.29) is 17.0 Å². The van der Waals surface area contributed by atoms with Crippen LogP contribution in [0.4, 0.5) is 0 Å². The van der Waals surface area contributed by atoms with Crippen LogP contribution in [0.2, 0.25) is 0 Å². The summed E-state index contributed by atoms with van der Waals surface area (Å²) in [5, 5.41) is 2.12. The second-order valence-corrected chi connectivity index (χ2v) is 4.05. The molecular formula is C12H12BrNS. The van der Waals surface area contributed by atoms with E-state index in [4.69, 9.17) is 0 Å². The van der Waals surface area contributed by atoms with Crippen molar-refractivity contribution >= 4 is 23.6 Å². The zero-order valence-electron chi connectivity index (χ0n) is 8.43. The third-order valence-electron chi connectivity index (χ3n) is 2.04. The molecule has 0 fully saturated rings. The quantitative estimate of drug-likeness (QED) is 0.682. The fraction of sp³-hybridized carbons (Fsp3) is 0.0833.